The van der Waals surface area contributed by atoms with Crippen molar-refractivity contribution in [1.82, 2.24) is 0 Å². The van der Waals surface area contributed by atoms with E-state index in [4.69, 9.17) is 29.7 Å². The van der Waals surface area contributed by atoms with Crippen LogP contribution in [0.15, 0.2) is 0 Å². The first-order valence-electron chi connectivity index (χ1n) is 2.42. The summed E-state index contributed by atoms with van der Waals surface area (Å²) in [4.78, 5) is 32.4. The van der Waals surface area contributed by atoms with Crippen LogP contribution < -0.4 is 0 Å². The molecular weight excluding hydrogens is 318 g/mol. The van der Waals surface area contributed by atoms with Gasteiger partial charge in [0.1, 0.15) is 0 Å². The fraction of sp³-hybridized carbons (Fsp3) is 1.00. The van der Waals surface area contributed by atoms with Gasteiger partial charge in [-0.2, -0.15) is 0 Å². The first-order chi connectivity index (χ1) is 4.79. The molecular formula is C2H8CeNO7Si-. The minimum atomic E-state index is -4.16. The van der Waals surface area contributed by atoms with E-state index in [9.17, 15) is 0 Å². The van der Waals surface area contributed by atoms with Crippen LogP contribution in [0.3, 0.4) is 0 Å². The van der Waals surface area contributed by atoms with Crippen molar-refractivity contribution in [2.24, 2.45) is 0 Å². The summed E-state index contributed by atoms with van der Waals surface area (Å²) in [5, 5.41) is 14.8. The Hall–Kier alpha value is 0.634. The molecule has 0 aromatic carbocycles. The Balaban J connectivity index is -0.000000142. The van der Waals surface area contributed by atoms with Gasteiger partial charge in [-0.3, -0.25) is 0 Å². The zero-order chi connectivity index (χ0) is 9.49. The Morgan fingerprint density at radius 3 is 1.67 bits per heavy atom. The SMILES string of the molecule is CCO[Si](O)(O)O.O=[N+]([O-])[O-].[Ce]. The average molecular weight is 326 g/mol. The second-order valence-corrected chi connectivity index (χ2v) is 2.67. The standard InChI is InChI=1S/C2H8O4Si.Ce.NO3/c1-2-6-7(3,4)5;;2-1(3)4/h3-5H,2H2,1H3;;/q;;-1. The number of hydrogen-bond acceptors (Lipinski definition) is 7. The summed E-state index contributed by atoms with van der Waals surface area (Å²) < 4.78 is 4.03. The largest absolute Gasteiger partial charge is 0.671 e. The van der Waals surface area contributed by atoms with Gasteiger partial charge in [0.05, 0.1) is 5.09 Å². The smallest absolute Gasteiger partial charge is 0.368 e. The number of nitrogens with zero attached hydrogens (tertiary/aromatic N) is 1. The van der Waals surface area contributed by atoms with Crippen LogP contribution in [0.5, 0.6) is 0 Å². The molecule has 0 aromatic rings. The van der Waals surface area contributed by atoms with Crippen molar-refractivity contribution in [3.63, 3.8) is 0 Å². The van der Waals surface area contributed by atoms with Crippen LogP contribution in [0.2, 0.25) is 0 Å². The van der Waals surface area contributed by atoms with Crippen LogP contribution >= 0.6 is 0 Å². The van der Waals surface area contributed by atoms with Gasteiger partial charge in [-0.25, -0.2) is 0 Å². The van der Waals surface area contributed by atoms with Crippen LogP contribution in [0.1, 0.15) is 6.92 Å². The van der Waals surface area contributed by atoms with Crippen LogP contribution in [0, 0.1) is 57.1 Å². The van der Waals surface area contributed by atoms with Crippen molar-refractivity contribution < 1.29 is 65.6 Å². The maximum Gasteiger partial charge on any atom is 0.671 e. The van der Waals surface area contributed by atoms with E-state index in [0.29, 0.717) is 0 Å². The van der Waals surface area contributed by atoms with Crippen molar-refractivity contribution >= 4 is 9.05 Å². The molecule has 8 nitrogen and oxygen atoms in total. The molecule has 10 heteroatoms. The molecule has 0 saturated carbocycles. The van der Waals surface area contributed by atoms with Crippen LogP contribution in [-0.4, -0.2) is 35.1 Å². The van der Waals surface area contributed by atoms with Crippen LogP contribution in [0.25, 0.3) is 0 Å². The van der Waals surface area contributed by atoms with Crippen molar-refractivity contribution in [3.8, 4) is 0 Å². The zero-order valence-electron chi connectivity index (χ0n) is 6.13. The molecule has 0 heterocycles. The quantitative estimate of drug-likeness (QED) is 0.309. The topological polar surface area (TPSA) is 136 Å². The fourth-order valence-corrected chi connectivity index (χ4v) is 0.581. The Kier molecular flexibility index (Phi) is 14.9. The van der Waals surface area contributed by atoms with Crippen molar-refractivity contribution in [2.45, 2.75) is 6.92 Å². The fourth-order valence-electron chi connectivity index (χ4n) is 0.194. The second-order valence-electron chi connectivity index (χ2n) is 1.23. The van der Waals surface area contributed by atoms with E-state index in [1.807, 2.05) is 0 Å². The molecule has 0 fully saturated rings. The summed E-state index contributed by atoms with van der Waals surface area (Å²) >= 11 is 0. The molecule has 0 saturated heterocycles. The van der Waals surface area contributed by atoms with Gasteiger partial charge >= 0.3 is 9.05 Å². The molecule has 3 N–H and O–H groups in total. The normalized spacial score (nSPS) is 9.00. The molecule has 0 unspecified atom stereocenters. The summed E-state index contributed by atoms with van der Waals surface area (Å²) in [6, 6.07) is 0. The summed E-state index contributed by atoms with van der Waals surface area (Å²) in [5.41, 5.74) is 0. The Labute approximate surface area is 103 Å². The Morgan fingerprint density at radius 1 is 1.42 bits per heavy atom. The molecule has 0 atom stereocenters. The predicted octanol–water partition coefficient (Wildman–Crippen LogP) is -1.80. The first kappa shape index (κ1) is 18.4. The third-order valence-corrected chi connectivity index (χ3v) is 1.01. The monoisotopic (exact) mass is 326 g/mol. The van der Waals surface area contributed by atoms with E-state index in [1.54, 1.807) is 6.92 Å². The molecule has 0 aliphatic carbocycles. The van der Waals surface area contributed by atoms with Crippen molar-refractivity contribution in [3.05, 3.63) is 15.3 Å². The van der Waals surface area contributed by atoms with Gasteiger partial charge in [-0.15, -0.1) is 0 Å². The molecule has 0 bridgehead atoms. The minimum Gasteiger partial charge on any atom is -0.368 e. The van der Waals surface area contributed by atoms with E-state index in [1.165, 1.54) is 0 Å². The van der Waals surface area contributed by atoms with Gasteiger partial charge in [0.25, 0.3) is 0 Å². The van der Waals surface area contributed by atoms with E-state index in [-0.39, 0.29) is 48.4 Å². The number of hydrogen-bond donors (Lipinski definition) is 3. The van der Waals surface area contributed by atoms with Crippen molar-refractivity contribution in [2.75, 3.05) is 6.61 Å². The third kappa shape index (κ3) is 46.0. The van der Waals surface area contributed by atoms with Gasteiger partial charge in [-0.05, 0) is 6.92 Å². The molecule has 0 radical (unpaired) electrons. The average Bonchev–Trinajstić information content (AvgIpc) is 1.58. The molecule has 72 valence electrons. The van der Waals surface area contributed by atoms with Gasteiger partial charge in [0.15, 0.2) is 0 Å². The van der Waals surface area contributed by atoms with Gasteiger partial charge in [0.2, 0.25) is 0 Å². The third-order valence-electron chi connectivity index (χ3n) is 0.338. The maximum absolute atomic E-state index is 8.25. The number of rotatable bonds is 2. The maximum atomic E-state index is 8.25. The molecule has 0 rings (SSSR count). The van der Waals surface area contributed by atoms with Crippen molar-refractivity contribution in [1.29, 1.82) is 0 Å². The van der Waals surface area contributed by atoms with Crippen LogP contribution in [0.4, 0.5) is 0 Å². The van der Waals surface area contributed by atoms with E-state index in [2.05, 4.69) is 4.43 Å². The molecule has 0 aliphatic rings. The van der Waals surface area contributed by atoms with E-state index < -0.39 is 14.1 Å². The second kappa shape index (κ2) is 9.72. The summed E-state index contributed by atoms with van der Waals surface area (Å²) in [6.07, 6.45) is 0. The van der Waals surface area contributed by atoms with Gasteiger partial charge in [-0.1, -0.05) is 0 Å². The summed E-state index contributed by atoms with van der Waals surface area (Å²) in [6.45, 7) is 1.68. The molecule has 0 spiro atoms. The minimum absolute atomic E-state index is 0. The van der Waals surface area contributed by atoms with E-state index >= 15 is 0 Å². The first-order valence-corrected chi connectivity index (χ1v) is 4.17. The van der Waals surface area contributed by atoms with Gasteiger partial charge in [0, 0.05) is 48.4 Å². The summed E-state index contributed by atoms with van der Waals surface area (Å²) in [7, 11) is -4.16. The Morgan fingerprint density at radius 2 is 1.67 bits per heavy atom. The predicted molar refractivity (Wildman–Crippen MR) is 34.4 cm³/mol. The van der Waals surface area contributed by atoms with Gasteiger partial charge < -0.3 is 34.1 Å². The Bertz CT molecular complexity index is 110. The summed E-state index contributed by atoms with van der Waals surface area (Å²) in [5.74, 6) is 0. The molecule has 12 heavy (non-hydrogen) atoms. The zero-order valence-corrected chi connectivity index (χ0v) is 10.3. The van der Waals surface area contributed by atoms with E-state index in [0.717, 1.165) is 0 Å². The molecule has 0 amide bonds. The van der Waals surface area contributed by atoms with Crippen LogP contribution in [-0.2, 0) is 4.43 Å². The molecule has 0 aromatic heterocycles. The molecule has 0 aliphatic heterocycles.